The average Bonchev–Trinajstić information content (AvgIpc) is 2.90. The summed E-state index contributed by atoms with van der Waals surface area (Å²) in [6.07, 6.45) is 6.73. The molecule has 2 saturated carbocycles. The lowest BCUT2D eigenvalue weighted by Crippen LogP contribution is -2.41. The molecule has 4 heteroatoms. The molecular formula is C12H23NO3. The first-order valence-electron chi connectivity index (χ1n) is 6.40. The van der Waals surface area contributed by atoms with E-state index in [1.807, 2.05) is 0 Å². The Balaban J connectivity index is 1.55. The first-order chi connectivity index (χ1) is 7.74. The average molecular weight is 229 g/mol. The minimum atomic E-state index is -0.454. The maximum atomic E-state index is 9.73. The molecule has 3 N–H and O–H groups in total. The van der Waals surface area contributed by atoms with Gasteiger partial charge in [-0.25, -0.2) is 0 Å². The Morgan fingerprint density at radius 2 is 2.00 bits per heavy atom. The lowest BCUT2D eigenvalue weighted by Gasteiger charge is -2.19. The van der Waals surface area contributed by atoms with Crippen LogP contribution in [0.1, 0.15) is 38.5 Å². The van der Waals surface area contributed by atoms with Crippen LogP contribution >= 0.6 is 0 Å². The van der Waals surface area contributed by atoms with E-state index < -0.39 is 6.10 Å². The van der Waals surface area contributed by atoms with Gasteiger partial charge in [0, 0.05) is 12.1 Å². The first-order valence-corrected chi connectivity index (χ1v) is 6.40. The third-order valence-electron chi connectivity index (χ3n) is 3.70. The molecule has 0 saturated heterocycles. The van der Waals surface area contributed by atoms with Gasteiger partial charge < -0.3 is 20.3 Å². The first kappa shape index (κ1) is 12.3. The van der Waals surface area contributed by atoms with Gasteiger partial charge in [-0.15, -0.1) is 0 Å². The molecule has 4 nitrogen and oxygen atoms in total. The summed E-state index contributed by atoms with van der Waals surface area (Å²) in [5.41, 5.74) is -0.0889. The van der Waals surface area contributed by atoms with Gasteiger partial charge in [0.2, 0.25) is 0 Å². The van der Waals surface area contributed by atoms with E-state index in [4.69, 9.17) is 9.84 Å². The number of hydrogen-bond donors (Lipinski definition) is 3. The molecule has 0 heterocycles. The zero-order chi connectivity index (χ0) is 11.4. The number of β-amino-alcohol motifs (C(OH)–C–C–N with tert-alkyl or cyclic N) is 1. The summed E-state index contributed by atoms with van der Waals surface area (Å²) in [6.45, 7) is 1.11. The summed E-state index contributed by atoms with van der Waals surface area (Å²) in [4.78, 5) is 0. The van der Waals surface area contributed by atoms with E-state index in [1.54, 1.807) is 0 Å². The van der Waals surface area contributed by atoms with Crippen LogP contribution in [0.2, 0.25) is 0 Å². The molecule has 0 spiro atoms. The van der Waals surface area contributed by atoms with Gasteiger partial charge >= 0.3 is 0 Å². The fourth-order valence-corrected chi connectivity index (χ4v) is 2.24. The number of rotatable bonds is 7. The molecule has 0 amide bonds. The highest BCUT2D eigenvalue weighted by Gasteiger charge is 2.41. The topological polar surface area (TPSA) is 61.7 Å². The number of aliphatic hydroxyl groups excluding tert-OH is 2. The molecule has 0 radical (unpaired) electrons. The number of hydrogen-bond acceptors (Lipinski definition) is 4. The van der Waals surface area contributed by atoms with Crippen molar-refractivity contribution in [3.05, 3.63) is 0 Å². The second kappa shape index (κ2) is 5.45. The van der Waals surface area contributed by atoms with Crippen molar-refractivity contribution in [1.82, 2.24) is 5.32 Å². The highest BCUT2D eigenvalue weighted by molar-refractivity contribution is 5.01. The minimum absolute atomic E-state index is 0.0889. The monoisotopic (exact) mass is 229 g/mol. The second-order valence-electron chi connectivity index (χ2n) is 5.21. The molecule has 0 aromatic heterocycles. The van der Waals surface area contributed by atoms with Crippen LogP contribution in [0.15, 0.2) is 0 Å². The predicted octanol–water partition coefficient (Wildman–Crippen LogP) is 0.421. The van der Waals surface area contributed by atoms with Crippen molar-refractivity contribution in [2.45, 2.75) is 56.3 Å². The molecule has 0 aromatic rings. The molecule has 2 aliphatic rings. The SMILES string of the molecule is OCC1(NCC(O)COC2CCCC2)CC1. The molecule has 2 aliphatic carbocycles. The highest BCUT2D eigenvalue weighted by atomic mass is 16.5. The van der Waals surface area contributed by atoms with Crippen LogP contribution in [0, 0.1) is 0 Å². The van der Waals surface area contributed by atoms with Crippen LogP contribution in [-0.4, -0.2) is 47.7 Å². The van der Waals surface area contributed by atoms with Gasteiger partial charge in [-0.1, -0.05) is 12.8 Å². The van der Waals surface area contributed by atoms with Gasteiger partial charge in [-0.3, -0.25) is 0 Å². The van der Waals surface area contributed by atoms with E-state index in [2.05, 4.69) is 5.32 Å². The third kappa shape index (κ3) is 3.42. The fraction of sp³-hybridized carbons (Fsp3) is 1.00. The Kier molecular flexibility index (Phi) is 4.19. The van der Waals surface area contributed by atoms with Gasteiger partial charge in [-0.2, -0.15) is 0 Å². The van der Waals surface area contributed by atoms with Crippen LogP contribution in [0.4, 0.5) is 0 Å². The Bertz CT molecular complexity index is 212. The van der Waals surface area contributed by atoms with E-state index in [-0.39, 0.29) is 12.1 Å². The highest BCUT2D eigenvalue weighted by Crippen LogP contribution is 2.34. The molecular weight excluding hydrogens is 206 g/mol. The molecule has 0 aromatic carbocycles. The molecule has 1 atom stereocenters. The molecule has 1 unspecified atom stereocenters. The summed E-state index contributed by atoms with van der Waals surface area (Å²) in [5.74, 6) is 0. The zero-order valence-electron chi connectivity index (χ0n) is 9.82. The smallest absolute Gasteiger partial charge is 0.0898 e. The predicted molar refractivity (Wildman–Crippen MR) is 61.3 cm³/mol. The summed E-state index contributed by atoms with van der Waals surface area (Å²) in [7, 11) is 0. The molecule has 0 bridgehead atoms. The number of nitrogens with one attached hydrogen (secondary N) is 1. The molecule has 16 heavy (non-hydrogen) atoms. The van der Waals surface area contributed by atoms with Crippen molar-refractivity contribution >= 4 is 0 Å². The molecule has 94 valence electrons. The quantitative estimate of drug-likeness (QED) is 0.592. The molecule has 2 fully saturated rings. The largest absolute Gasteiger partial charge is 0.394 e. The maximum absolute atomic E-state index is 9.73. The van der Waals surface area contributed by atoms with Crippen LogP contribution < -0.4 is 5.32 Å². The Labute approximate surface area is 97.0 Å². The fourth-order valence-electron chi connectivity index (χ4n) is 2.24. The van der Waals surface area contributed by atoms with Crippen molar-refractivity contribution in [3.8, 4) is 0 Å². The van der Waals surface area contributed by atoms with E-state index in [9.17, 15) is 5.11 Å². The summed E-state index contributed by atoms with van der Waals surface area (Å²) >= 11 is 0. The lowest BCUT2D eigenvalue weighted by atomic mass is 10.2. The van der Waals surface area contributed by atoms with E-state index in [1.165, 1.54) is 12.8 Å². The summed E-state index contributed by atoms with van der Waals surface area (Å²) < 4.78 is 5.63. The van der Waals surface area contributed by atoms with Gasteiger partial charge in [0.25, 0.3) is 0 Å². The van der Waals surface area contributed by atoms with E-state index in [0.717, 1.165) is 25.7 Å². The van der Waals surface area contributed by atoms with Gasteiger partial charge in [0.1, 0.15) is 0 Å². The normalized spacial score (nSPS) is 25.9. The van der Waals surface area contributed by atoms with Crippen LogP contribution in [0.25, 0.3) is 0 Å². The van der Waals surface area contributed by atoms with Crippen molar-refractivity contribution in [1.29, 1.82) is 0 Å². The van der Waals surface area contributed by atoms with Gasteiger partial charge in [-0.05, 0) is 25.7 Å². The molecule has 2 rings (SSSR count). The van der Waals surface area contributed by atoms with Crippen LogP contribution in [0.5, 0.6) is 0 Å². The van der Waals surface area contributed by atoms with Gasteiger partial charge in [0.15, 0.2) is 0 Å². The van der Waals surface area contributed by atoms with Crippen LogP contribution in [-0.2, 0) is 4.74 Å². The summed E-state index contributed by atoms with van der Waals surface area (Å²) in [5, 5.41) is 22.0. The molecule has 0 aliphatic heterocycles. The van der Waals surface area contributed by atoms with E-state index >= 15 is 0 Å². The van der Waals surface area contributed by atoms with Crippen molar-refractivity contribution in [3.63, 3.8) is 0 Å². The van der Waals surface area contributed by atoms with Crippen molar-refractivity contribution in [2.75, 3.05) is 19.8 Å². The van der Waals surface area contributed by atoms with Crippen LogP contribution in [0.3, 0.4) is 0 Å². The number of ether oxygens (including phenoxy) is 1. The summed E-state index contributed by atoms with van der Waals surface area (Å²) in [6, 6.07) is 0. The lowest BCUT2D eigenvalue weighted by molar-refractivity contribution is -0.00722. The second-order valence-corrected chi connectivity index (χ2v) is 5.21. The Hall–Kier alpha value is -0.160. The van der Waals surface area contributed by atoms with Crippen molar-refractivity contribution < 1.29 is 14.9 Å². The maximum Gasteiger partial charge on any atom is 0.0898 e. The standard InChI is InChI=1S/C12H23NO3/c14-9-12(5-6-12)13-7-10(15)8-16-11-3-1-2-4-11/h10-11,13-15H,1-9H2. The van der Waals surface area contributed by atoms with E-state index in [0.29, 0.717) is 19.3 Å². The Morgan fingerprint density at radius 3 is 2.56 bits per heavy atom. The number of aliphatic hydroxyl groups is 2. The zero-order valence-corrected chi connectivity index (χ0v) is 9.82. The third-order valence-corrected chi connectivity index (χ3v) is 3.70. The van der Waals surface area contributed by atoms with Crippen molar-refractivity contribution in [2.24, 2.45) is 0 Å². The van der Waals surface area contributed by atoms with Gasteiger partial charge in [0.05, 0.1) is 25.4 Å². The minimum Gasteiger partial charge on any atom is -0.394 e. The Morgan fingerprint density at radius 1 is 1.31 bits per heavy atom.